The lowest BCUT2D eigenvalue weighted by atomic mass is 9.90. The van der Waals surface area contributed by atoms with Gasteiger partial charge >= 0.3 is 0 Å². The van der Waals surface area contributed by atoms with E-state index >= 15 is 0 Å². The zero-order chi connectivity index (χ0) is 15.5. The Bertz CT molecular complexity index is 666. The lowest BCUT2D eigenvalue weighted by molar-refractivity contribution is -0.116. The van der Waals surface area contributed by atoms with Crippen molar-refractivity contribution < 1.29 is 4.79 Å². The number of benzene rings is 1. The third-order valence-corrected chi connectivity index (χ3v) is 4.84. The molecule has 1 aliphatic rings. The fourth-order valence-electron chi connectivity index (χ4n) is 3.07. The summed E-state index contributed by atoms with van der Waals surface area (Å²) in [7, 11) is 0. The van der Waals surface area contributed by atoms with E-state index in [0.717, 1.165) is 24.5 Å². The predicted octanol–water partition coefficient (Wildman–Crippen LogP) is 3.42. The second kappa shape index (κ2) is 6.57. The van der Waals surface area contributed by atoms with Crippen molar-refractivity contribution >= 4 is 23.5 Å². The van der Waals surface area contributed by atoms with Crippen molar-refractivity contribution in [2.45, 2.75) is 32.2 Å². The lowest BCUT2D eigenvalue weighted by Gasteiger charge is -2.22. The molecule has 0 bridgehead atoms. The van der Waals surface area contributed by atoms with Crippen LogP contribution in [0, 0.1) is 6.92 Å². The molecular weight excluding hydrogens is 294 g/mol. The molecular formula is C17H21N3OS. The van der Waals surface area contributed by atoms with E-state index in [-0.39, 0.29) is 5.91 Å². The average Bonchev–Trinajstić information content (AvgIpc) is 2.82. The van der Waals surface area contributed by atoms with Gasteiger partial charge in [0.1, 0.15) is 0 Å². The highest BCUT2D eigenvalue weighted by atomic mass is 32.2. The second-order valence-electron chi connectivity index (χ2n) is 5.72. The predicted molar refractivity (Wildman–Crippen MR) is 91.5 cm³/mol. The Morgan fingerprint density at radius 2 is 2.14 bits per heavy atom. The van der Waals surface area contributed by atoms with Crippen molar-refractivity contribution in [3.05, 3.63) is 47.2 Å². The summed E-state index contributed by atoms with van der Waals surface area (Å²) < 4.78 is 2.01. The van der Waals surface area contributed by atoms with Crippen molar-refractivity contribution in [2.24, 2.45) is 0 Å². The number of nitrogens with one attached hydrogen (secondary N) is 1. The highest BCUT2D eigenvalue weighted by Gasteiger charge is 2.30. The van der Waals surface area contributed by atoms with Gasteiger partial charge in [0.05, 0.1) is 6.54 Å². The minimum absolute atomic E-state index is 0.0861. The molecule has 1 N–H and O–H groups in total. The zero-order valence-electron chi connectivity index (χ0n) is 13.0. The van der Waals surface area contributed by atoms with Crippen LogP contribution in [-0.4, -0.2) is 27.7 Å². The molecule has 1 atom stereocenters. The van der Waals surface area contributed by atoms with Crippen LogP contribution in [-0.2, 0) is 11.3 Å². The molecule has 1 aromatic heterocycles. The number of aromatic nitrogens is 2. The van der Waals surface area contributed by atoms with Crippen LogP contribution in [0.15, 0.2) is 30.3 Å². The van der Waals surface area contributed by atoms with Crippen LogP contribution < -0.4 is 5.32 Å². The molecule has 0 saturated heterocycles. The third-order valence-electron chi connectivity index (χ3n) is 4.20. The van der Waals surface area contributed by atoms with Gasteiger partial charge in [0.25, 0.3) is 0 Å². The number of rotatable bonds is 5. The molecule has 1 aromatic carbocycles. The van der Waals surface area contributed by atoms with Gasteiger partial charge in [-0.2, -0.15) is 16.9 Å². The lowest BCUT2D eigenvalue weighted by Crippen LogP contribution is -2.23. The molecule has 0 spiro atoms. The number of thioether (sulfide) groups is 1. The summed E-state index contributed by atoms with van der Waals surface area (Å²) in [6, 6.07) is 10.3. The summed E-state index contributed by atoms with van der Waals surface area (Å²) in [6.45, 7) is 2.85. The van der Waals surface area contributed by atoms with Gasteiger partial charge in [-0.3, -0.25) is 9.48 Å². The smallest absolute Gasteiger partial charge is 0.226 e. The number of fused-ring (bicyclic) bond motifs is 1. The molecule has 2 aromatic rings. The first-order valence-corrected chi connectivity index (χ1v) is 8.98. The van der Waals surface area contributed by atoms with Gasteiger partial charge in [0, 0.05) is 17.7 Å². The minimum atomic E-state index is 0.0861. The normalized spacial score (nSPS) is 17.2. The zero-order valence-corrected chi connectivity index (χ0v) is 13.8. The summed E-state index contributed by atoms with van der Waals surface area (Å²) in [5, 5.41) is 7.57. The van der Waals surface area contributed by atoms with Gasteiger partial charge < -0.3 is 5.32 Å². The summed E-state index contributed by atoms with van der Waals surface area (Å²) in [4.78, 5) is 11.9. The van der Waals surface area contributed by atoms with Gasteiger partial charge in [0.15, 0.2) is 5.82 Å². The number of amides is 1. The summed E-state index contributed by atoms with van der Waals surface area (Å²) in [5.41, 5.74) is 3.62. The van der Waals surface area contributed by atoms with Crippen LogP contribution in [0.5, 0.6) is 0 Å². The van der Waals surface area contributed by atoms with E-state index in [4.69, 9.17) is 0 Å². The maximum absolute atomic E-state index is 11.9. The second-order valence-corrected chi connectivity index (χ2v) is 6.71. The number of carbonyl (C=O) groups excluding carboxylic acids is 1. The van der Waals surface area contributed by atoms with Crippen molar-refractivity contribution in [3.8, 4) is 0 Å². The van der Waals surface area contributed by atoms with Crippen LogP contribution >= 0.6 is 11.8 Å². The van der Waals surface area contributed by atoms with Crippen LogP contribution in [0.3, 0.4) is 0 Å². The summed E-state index contributed by atoms with van der Waals surface area (Å²) >= 11 is 1.83. The van der Waals surface area contributed by atoms with Crippen LogP contribution in [0.2, 0.25) is 0 Å². The molecule has 0 aliphatic carbocycles. The third kappa shape index (κ3) is 3.04. The van der Waals surface area contributed by atoms with E-state index in [1.807, 2.05) is 34.6 Å². The van der Waals surface area contributed by atoms with Crippen molar-refractivity contribution in [3.63, 3.8) is 0 Å². The van der Waals surface area contributed by atoms with E-state index in [9.17, 15) is 4.79 Å². The molecule has 0 saturated carbocycles. The van der Waals surface area contributed by atoms with Gasteiger partial charge in [-0.1, -0.05) is 30.3 Å². The van der Waals surface area contributed by atoms with E-state index in [1.54, 1.807) is 0 Å². The number of hydrogen-bond acceptors (Lipinski definition) is 3. The maximum atomic E-state index is 11.9. The molecule has 1 amide bonds. The Labute approximate surface area is 135 Å². The highest BCUT2D eigenvalue weighted by Crippen LogP contribution is 2.37. The Morgan fingerprint density at radius 1 is 1.36 bits per heavy atom. The molecule has 1 aliphatic heterocycles. The number of carbonyl (C=O) groups is 1. The van der Waals surface area contributed by atoms with Gasteiger partial charge in [0.2, 0.25) is 5.91 Å². The quantitative estimate of drug-likeness (QED) is 0.919. The van der Waals surface area contributed by atoms with E-state index in [2.05, 4.69) is 35.7 Å². The molecule has 4 nitrogen and oxygen atoms in total. The first kappa shape index (κ1) is 15.2. The van der Waals surface area contributed by atoms with Gasteiger partial charge in [-0.15, -0.1) is 0 Å². The van der Waals surface area contributed by atoms with Crippen LogP contribution in [0.4, 0.5) is 5.82 Å². The number of anilines is 1. The molecule has 3 rings (SSSR count). The number of nitrogens with zero attached hydrogens (tertiary/aromatic N) is 2. The van der Waals surface area contributed by atoms with E-state index < -0.39 is 0 Å². The van der Waals surface area contributed by atoms with Gasteiger partial charge in [-0.05, 0) is 36.8 Å². The Balaban J connectivity index is 1.90. The summed E-state index contributed by atoms with van der Waals surface area (Å²) in [6.07, 6.45) is 3.71. The van der Waals surface area contributed by atoms with Crippen LogP contribution in [0.1, 0.15) is 35.6 Å². The minimum Gasteiger partial charge on any atom is -0.309 e. The SMILES string of the molecule is CSCCC1CC(=O)Nc2nn(Cc3ccccc3)c(C)c21. The maximum Gasteiger partial charge on any atom is 0.226 e. The van der Waals surface area contributed by atoms with E-state index in [0.29, 0.717) is 12.3 Å². The molecule has 22 heavy (non-hydrogen) atoms. The van der Waals surface area contributed by atoms with Crippen molar-refractivity contribution in [2.75, 3.05) is 17.3 Å². The average molecular weight is 315 g/mol. The largest absolute Gasteiger partial charge is 0.309 e. The molecule has 0 radical (unpaired) electrons. The highest BCUT2D eigenvalue weighted by molar-refractivity contribution is 7.98. The van der Waals surface area contributed by atoms with Gasteiger partial charge in [-0.25, -0.2) is 0 Å². The Hall–Kier alpha value is -1.75. The molecule has 5 heteroatoms. The molecule has 0 fully saturated rings. The molecule has 2 heterocycles. The number of hydrogen-bond donors (Lipinski definition) is 1. The molecule has 1 unspecified atom stereocenters. The monoisotopic (exact) mass is 315 g/mol. The Morgan fingerprint density at radius 3 is 2.86 bits per heavy atom. The fourth-order valence-corrected chi connectivity index (χ4v) is 3.59. The topological polar surface area (TPSA) is 46.9 Å². The van der Waals surface area contributed by atoms with Crippen molar-refractivity contribution in [1.29, 1.82) is 0 Å². The standard InChI is InChI=1S/C17H21N3OS/c1-12-16-14(8-9-22-2)10-15(21)18-17(16)19-20(12)11-13-6-4-3-5-7-13/h3-7,14H,8-11H2,1-2H3,(H,18,19,21). The molecule has 116 valence electrons. The van der Waals surface area contributed by atoms with E-state index in [1.165, 1.54) is 16.8 Å². The fraction of sp³-hybridized carbons (Fsp3) is 0.412. The first-order valence-electron chi connectivity index (χ1n) is 7.59. The summed E-state index contributed by atoms with van der Waals surface area (Å²) in [5.74, 6) is 2.21. The first-order chi connectivity index (χ1) is 10.7. The van der Waals surface area contributed by atoms with Crippen molar-refractivity contribution in [1.82, 2.24) is 9.78 Å². The van der Waals surface area contributed by atoms with Crippen LogP contribution in [0.25, 0.3) is 0 Å². The Kier molecular flexibility index (Phi) is 4.52.